The van der Waals surface area contributed by atoms with Gasteiger partial charge in [0.25, 0.3) is 5.91 Å². The maximum Gasteiger partial charge on any atom is 0.324 e. The van der Waals surface area contributed by atoms with E-state index in [1.165, 1.54) is 18.5 Å². The van der Waals surface area contributed by atoms with E-state index in [-0.39, 0.29) is 35.6 Å². The fourth-order valence-corrected chi connectivity index (χ4v) is 6.19. The number of aromatic nitrogens is 4. The van der Waals surface area contributed by atoms with E-state index < -0.39 is 24.3 Å². The van der Waals surface area contributed by atoms with Gasteiger partial charge in [0.05, 0.1) is 17.7 Å². The van der Waals surface area contributed by atoms with Crippen LogP contribution in [0.3, 0.4) is 0 Å². The van der Waals surface area contributed by atoms with Crippen LogP contribution in [0.25, 0.3) is 0 Å². The monoisotopic (exact) mass is 660 g/mol. The predicted molar refractivity (Wildman–Crippen MR) is 166 cm³/mol. The van der Waals surface area contributed by atoms with Crippen molar-refractivity contribution >= 4 is 11.9 Å². The third kappa shape index (κ3) is 9.03. The average Bonchev–Trinajstić information content (AvgIpc) is 3.66. The number of rotatable bonds is 11. The van der Waals surface area contributed by atoms with E-state index in [0.29, 0.717) is 56.2 Å². The number of likely N-dealkylation sites (tertiary alicyclic amines) is 1. The van der Waals surface area contributed by atoms with Gasteiger partial charge in [-0.3, -0.25) is 15.0 Å². The van der Waals surface area contributed by atoms with Gasteiger partial charge in [-0.05, 0) is 58.1 Å². The second-order valence-corrected chi connectivity index (χ2v) is 13.4. The molecule has 3 atom stereocenters. The maximum atomic E-state index is 15.0. The van der Waals surface area contributed by atoms with Gasteiger partial charge in [-0.1, -0.05) is 22.9 Å². The van der Waals surface area contributed by atoms with Crippen molar-refractivity contribution in [2.24, 2.45) is 5.92 Å². The molecular weight excluding hydrogens is 617 g/mol. The second-order valence-electron chi connectivity index (χ2n) is 13.4. The Labute approximate surface area is 272 Å². The minimum absolute atomic E-state index is 0.0890. The minimum atomic E-state index is -2.78. The van der Waals surface area contributed by atoms with Crippen LogP contribution in [-0.2, 0) is 11.3 Å². The molecule has 3 aromatic rings. The molecule has 2 aromatic heterocycles. The van der Waals surface area contributed by atoms with Crippen molar-refractivity contribution in [2.75, 3.05) is 44.7 Å². The van der Waals surface area contributed by atoms with Crippen molar-refractivity contribution in [1.29, 1.82) is 0 Å². The van der Waals surface area contributed by atoms with Crippen LogP contribution in [0, 0.1) is 18.7 Å². The van der Waals surface area contributed by atoms with E-state index in [1.54, 1.807) is 22.9 Å². The lowest BCUT2D eigenvalue weighted by molar-refractivity contribution is -0.185. The van der Waals surface area contributed by atoms with Crippen LogP contribution < -0.4 is 10.2 Å². The maximum absolute atomic E-state index is 15.0. The number of halogens is 3. The molecule has 1 amide bonds. The zero-order chi connectivity index (χ0) is 33.9. The molecule has 0 spiro atoms. The van der Waals surface area contributed by atoms with Gasteiger partial charge in [-0.25, -0.2) is 23.1 Å². The lowest BCUT2D eigenvalue weighted by Crippen LogP contribution is -2.46. The number of aliphatic hydroxyl groups is 1. The summed E-state index contributed by atoms with van der Waals surface area (Å²) >= 11 is 0. The lowest BCUT2D eigenvalue weighted by Gasteiger charge is -2.32. The quantitative estimate of drug-likeness (QED) is 0.291. The van der Waals surface area contributed by atoms with Crippen LogP contribution >= 0.6 is 0 Å². The Morgan fingerprint density at radius 2 is 1.89 bits per heavy atom. The topological polar surface area (TPSA) is 133 Å². The zero-order valence-corrected chi connectivity index (χ0v) is 27.4. The van der Waals surface area contributed by atoms with Crippen molar-refractivity contribution < 1.29 is 32.3 Å². The summed E-state index contributed by atoms with van der Waals surface area (Å²) in [5.74, 6) is -0.645. The first-order valence-electron chi connectivity index (χ1n) is 15.8. The van der Waals surface area contributed by atoms with Gasteiger partial charge in [0.15, 0.2) is 0 Å². The molecular formula is C32H43F3N8O4. The average molecular weight is 661 g/mol. The molecule has 15 heteroatoms. The third-order valence-corrected chi connectivity index (χ3v) is 8.48. The number of anilines is 1. The third-order valence-electron chi connectivity index (χ3n) is 8.48. The molecule has 3 unspecified atom stereocenters. The molecule has 2 aliphatic heterocycles. The molecule has 2 N–H and O–H groups in total. The van der Waals surface area contributed by atoms with Crippen LogP contribution in [0.1, 0.15) is 79.1 Å². The summed E-state index contributed by atoms with van der Waals surface area (Å²) in [7, 11) is 1.73. The normalized spacial score (nSPS) is 20.3. The van der Waals surface area contributed by atoms with E-state index in [2.05, 4.69) is 30.3 Å². The first-order valence-corrected chi connectivity index (χ1v) is 15.8. The van der Waals surface area contributed by atoms with Crippen molar-refractivity contribution in [1.82, 2.24) is 35.2 Å². The number of carbonyl (C=O) groups excluding carboxylic acids is 1. The Balaban J connectivity index is 1.16. The Morgan fingerprint density at radius 1 is 1.19 bits per heavy atom. The summed E-state index contributed by atoms with van der Waals surface area (Å²) in [6.45, 7) is 10.5. The number of hydrogen-bond donors (Lipinski definition) is 2. The smallest absolute Gasteiger partial charge is 0.324 e. The van der Waals surface area contributed by atoms with E-state index in [1.807, 2.05) is 33.8 Å². The summed E-state index contributed by atoms with van der Waals surface area (Å²) < 4.78 is 51.2. The van der Waals surface area contributed by atoms with Crippen LogP contribution in [0.4, 0.5) is 19.2 Å². The van der Waals surface area contributed by atoms with Gasteiger partial charge >= 0.3 is 12.4 Å². The number of nitrogens with zero attached hydrogens (tertiary/aromatic N) is 7. The number of carbonyl (C=O) groups is 1. The van der Waals surface area contributed by atoms with Gasteiger partial charge in [0, 0.05) is 64.1 Å². The molecule has 1 aromatic carbocycles. The lowest BCUT2D eigenvalue weighted by atomic mass is 9.92. The highest BCUT2D eigenvalue weighted by atomic mass is 19.3. The molecule has 0 radical (unpaired) electrons. The fourth-order valence-electron chi connectivity index (χ4n) is 6.19. The van der Waals surface area contributed by atoms with E-state index >= 15 is 0 Å². The van der Waals surface area contributed by atoms with E-state index in [0.717, 1.165) is 18.4 Å². The molecule has 2 aliphatic rings. The van der Waals surface area contributed by atoms with Crippen LogP contribution in [0.5, 0.6) is 0 Å². The number of amides is 1. The number of hydrogen-bond acceptors (Lipinski definition) is 11. The van der Waals surface area contributed by atoms with Gasteiger partial charge in [0.1, 0.15) is 11.6 Å². The summed E-state index contributed by atoms with van der Waals surface area (Å²) in [4.78, 5) is 31.4. The molecule has 4 heterocycles. The molecule has 256 valence electrons. The van der Waals surface area contributed by atoms with Crippen molar-refractivity contribution in [3.05, 3.63) is 64.7 Å². The highest BCUT2D eigenvalue weighted by Crippen LogP contribution is 2.32. The minimum Gasteiger partial charge on any atom is -0.356 e. The van der Waals surface area contributed by atoms with Gasteiger partial charge in [0.2, 0.25) is 12.2 Å². The predicted octanol–water partition coefficient (Wildman–Crippen LogP) is 3.88. The summed E-state index contributed by atoms with van der Waals surface area (Å²) in [5.41, 5.74) is 1.30. The fraction of sp³-hybridized carbons (Fsp3) is 0.594. The van der Waals surface area contributed by atoms with E-state index in [9.17, 15) is 23.1 Å². The van der Waals surface area contributed by atoms with Crippen LogP contribution in [-0.4, -0.2) is 98.8 Å². The van der Waals surface area contributed by atoms with Crippen molar-refractivity contribution in [2.45, 2.75) is 77.5 Å². The van der Waals surface area contributed by atoms with Crippen molar-refractivity contribution in [3.63, 3.8) is 0 Å². The number of aryl methyl sites for hydroxylation is 1. The van der Waals surface area contributed by atoms with Crippen LogP contribution in [0.2, 0.25) is 0 Å². The highest BCUT2D eigenvalue weighted by molar-refractivity contribution is 5.93. The number of aliphatic hydroxyl groups excluding tert-OH is 1. The van der Waals surface area contributed by atoms with E-state index in [4.69, 9.17) is 9.26 Å². The largest absolute Gasteiger partial charge is 0.356 e. The SMILES string of the molecule is Cc1ccc(F)c(C2CN(Cc3ncc(C(=O)N(C)CC4CCN(c5nc(C(F)F)no5)CC4)cn3)CC2NC(O)OC(C)(C)C)c1. The Hall–Kier alpha value is -3.66. The van der Waals surface area contributed by atoms with Gasteiger partial charge < -0.3 is 24.2 Å². The number of benzene rings is 1. The molecule has 0 aliphatic carbocycles. The number of piperidine rings is 1. The number of ether oxygens (including phenoxy) is 1. The molecule has 5 rings (SSSR count). The molecule has 12 nitrogen and oxygen atoms in total. The van der Waals surface area contributed by atoms with Crippen molar-refractivity contribution in [3.8, 4) is 0 Å². The van der Waals surface area contributed by atoms with Gasteiger partial charge in [-0.2, -0.15) is 4.98 Å². The Kier molecular flexibility index (Phi) is 10.8. The molecule has 0 saturated carbocycles. The summed E-state index contributed by atoms with van der Waals surface area (Å²) in [5, 5.41) is 17.0. The molecule has 47 heavy (non-hydrogen) atoms. The van der Waals surface area contributed by atoms with Crippen LogP contribution in [0.15, 0.2) is 35.1 Å². The summed E-state index contributed by atoms with van der Waals surface area (Å²) in [6, 6.07) is 4.83. The first-order chi connectivity index (χ1) is 22.3. The highest BCUT2D eigenvalue weighted by Gasteiger charge is 2.37. The Bertz CT molecular complexity index is 1490. The standard InChI is InChI=1S/C32H43F3N8O4/c1-19-6-7-24(33)22(12-19)23-16-42(17-25(23)38-31(45)46-32(2,3)4)18-26-36-13-21(14-37-26)29(44)41(5)15-20-8-10-43(11-9-20)30-39-28(27(34)35)40-47-30/h6-7,12-14,20,23,25,27,31,38,45H,8-11,15-18H2,1-5H3. The first kappa shape index (κ1) is 34.7. The number of nitrogens with one attached hydrogen (secondary N) is 1. The van der Waals surface area contributed by atoms with Gasteiger partial charge in [-0.15, -0.1) is 0 Å². The second kappa shape index (κ2) is 14.6. The molecule has 2 saturated heterocycles. The summed E-state index contributed by atoms with van der Waals surface area (Å²) in [6.07, 6.45) is 0.492. The Morgan fingerprint density at radius 3 is 2.53 bits per heavy atom. The number of alkyl halides is 2. The molecule has 2 fully saturated rings. The molecule has 0 bridgehead atoms. The zero-order valence-electron chi connectivity index (χ0n) is 27.4.